The van der Waals surface area contributed by atoms with Gasteiger partial charge in [-0.1, -0.05) is 6.92 Å². The Kier molecular flexibility index (Phi) is 3.22. The van der Waals surface area contributed by atoms with Gasteiger partial charge in [0.05, 0.1) is 11.6 Å². The number of aliphatic carboxylic acids is 1. The van der Waals surface area contributed by atoms with Crippen LogP contribution in [0.5, 0.6) is 0 Å². The molecule has 1 saturated carbocycles. The average molecular weight is 236 g/mol. The van der Waals surface area contributed by atoms with Crippen molar-refractivity contribution in [2.24, 2.45) is 18.4 Å². The summed E-state index contributed by atoms with van der Waals surface area (Å²) in [6.45, 7) is 2.20. The molecule has 0 aromatic carbocycles. The zero-order valence-electron chi connectivity index (χ0n) is 10.5. The smallest absolute Gasteiger partial charge is 0.309 e. The fourth-order valence-corrected chi connectivity index (χ4v) is 2.73. The number of hydrogen-bond donors (Lipinski definition) is 1. The molecule has 4 nitrogen and oxygen atoms in total. The lowest BCUT2D eigenvalue weighted by Gasteiger charge is -2.35. The van der Waals surface area contributed by atoms with Crippen molar-refractivity contribution in [3.63, 3.8) is 0 Å². The molecule has 0 amide bonds. The van der Waals surface area contributed by atoms with Gasteiger partial charge in [0, 0.05) is 13.2 Å². The molecule has 0 atom stereocenters. The first-order valence-electron chi connectivity index (χ1n) is 6.23. The fourth-order valence-electron chi connectivity index (χ4n) is 2.73. The van der Waals surface area contributed by atoms with Crippen molar-refractivity contribution in [1.29, 1.82) is 0 Å². The number of aryl methyl sites for hydroxylation is 1. The van der Waals surface area contributed by atoms with Crippen LogP contribution in [-0.4, -0.2) is 20.9 Å². The second kappa shape index (κ2) is 4.51. The number of hydrogen-bond acceptors (Lipinski definition) is 2. The van der Waals surface area contributed by atoms with Gasteiger partial charge in [0.1, 0.15) is 0 Å². The Balaban J connectivity index is 2.15. The zero-order chi connectivity index (χ0) is 12.5. The molecule has 1 aliphatic rings. The molecule has 2 rings (SSSR count). The van der Waals surface area contributed by atoms with Crippen LogP contribution in [0, 0.1) is 11.3 Å². The monoisotopic (exact) mass is 236 g/mol. The van der Waals surface area contributed by atoms with Crippen molar-refractivity contribution in [2.75, 3.05) is 0 Å². The number of carboxylic acid groups (broad SMARTS) is 1. The van der Waals surface area contributed by atoms with Gasteiger partial charge in [-0.15, -0.1) is 0 Å². The lowest BCUT2D eigenvalue weighted by Crippen LogP contribution is -2.37. The van der Waals surface area contributed by atoms with E-state index < -0.39 is 11.4 Å². The van der Waals surface area contributed by atoms with Gasteiger partial charge in [0.25, 0.3) is 0 Å². The summed E-state index contributed by atoms with van der Waals surface area (Å²) in [5, 5.41) is 13.6. The van der Waals surface area contributed by atoms with Crippen LogP contribution >= 0.6 is 0 Å². The molecule has 1 fully saturated rings. The van der Waals surface area contributed by atoms with E-state index in [9.17, 15) is 9.90 Å². The number of nitrogens with zero attached hydrogens (tertiary/aromatic N) is 2. The largest absolute Gasteiger partial charge is 0.481 e. The van der Waals surface area contributed by atoms with Crippen LogP contribution in [0.2, 0.25) is 0 Å². The van der Waals surface area contributed by atoms with Gasteiger partial charge in [-0.2, -0.15) is 5.10 Å². The summed E-state index contributed by atoms with van der Waals surface area (Å²) in [6.07, 6.45) is 7.93. The first kappa shape index (κ1) is 12.1. The third-order valence-corrected chi connectivity index (χ3v) is 3.99. The molecular weight excluding hydrogens is 216 g/mol. The van der Waals surface area contributed by atoms with Crippen LogP contribution in [0.3, 0.4) is 0 Å². The molecule has 1 aromatic heterocycles. The van der Waals surface area contributed by atoms with E-state index in [0.29, 0.717) is 12.3 Å². The Bertz CT molecular complexity index is 403. The summed E-state index contributed by atoms with van der Waals surface area (Å²) in [4.78, 5) is 11.6. The summed E-state index contributed by atoms with van der Waals surface area (Å²) < 4.78 is 1.73. The fraction of sp³-hybridized carbons (Fsp3) is 0.692. The van der Waals surface area contributed by atoms with Gasteiger partial charge >= 0.3 is 5.97 Å². The standard InChI is InChI=1S/C13H20N2O2/c1-10-3-5-13(6-4-10,12(16)17)7-11-8-14-15(2)9-11/h8-10H,3-7H2,1-2H3,(H,16,17). The van der Waals surface area contributed by atoms with E-state index in [0.717, 1.165) is 31.2 Å². The molecule has 0 bridgehead atoms. The summed E-state index contributed by atoms with van der Waals surface area (Å²) in [7, 11) is 1.86. The Morgan fingerprint density at radius 1 is 1.59 bits per heavy atom. The second-order valence-electron chi connectivity index (χ2n) is 5.47. The molecule has 0 unspecified atom stereocenters. The molecule has 17 heavy (non-hydrogen) atoms. The Morgan fingerprint density at radius 3 is 2.71 bits per heavy atom. The van der Waals surface area contributed by atoms with Gasteiger partial charge in [-0.3, -0.25) is 9.48 Å². The van der Waals surface area contributed by atoms with E-state index in [1.165, 1.54) is 0 Å². The molecule has 0 radical (unpaired) electrons. The third kappa shape index (κ3) is 2.51. The van der Waals surface area contributed by atoms with Crippen LogP contribution in [0.25, 0.3) is 0 Å². The lowest BCUT2D eigenvalue weighted by molar-refractivity contribution is -0.151. The lowest BCUT2D eigenvalue weighted by atomic mass is 9.68. The summed E-state index contributed by atoms with van der Waals surface area (Å²) >= 11 is 0. The third-order valence-electron chi connectivity index (χ3n) is 3.99. The first-order chi connectivity index (χ1) is 8.02. The highest BCUT2D eigenvalue weighted by Gasteiger charge is 2.41. The molecule has 0 aliphatic heterocycles. The molecule has 0 spiro atoms. The molecule has 0 saturated heterocycles. The number of rotatable bonds is 3. The average Bonchev–Trinajstić information content (AvgIpc) is 2.67. The minimum Gasteiger partial charge on any atom is -0.481 e. The molecule has 4 heteroatoms. The van der Waals surface area contributed by atoms with Crippen LogP contribution in [0.4, 0.5) is 0 Å². The molecule has 1 N–H and O–H groups in total. The second-order valence-corrected chi connectivity index (χ2v) is 5.47. The molecule has 1 aliphatic carbocycles. The maximum Gasteiger partial charge on any atom is 0.309 e. The highest BCUT2D eigenvalue weighted by molar-refractivity contribution is 5.75. The number of carbonyl (C=O) groups is 1. The first-order valence-corrected chi connectivity index (χ1v) is 6.23. The highest BCUT2D eigenvalue weighted by Crippen LogP contribution is 2.41. The van der Waals surface area contributed by atoms with Crippen LogP contribution in [-0.2, 0) is 18.3 Å². The molecule has 94 valence electrons. The van der Waals surface area contributed by atoms with Crippen LogP contribution < -0.4 is 0 Å². The van der Waals surface area contributed by atoms with E-state index in [-0.39, 0.29) is 0 Å². The normalized spacial score (nSPS) is 29.2. The molecular formula is C13H20N2O2. The van der Waals surface area contributed by atoms with E-state index in [1.807, 2.05) is 13.2 Å². The Labute approximate surface area is 102 Å². The quantitative estimate of drug-likeness (QED) is 0.875. The summed E-state index contributed by atoms with van der Waals surface area (Å²) in [5.74, 6) is 0.0182. The minimum atomic E-state index is -0.645. The zero-order valence-corrected chi connectivity index (χ0v) is 10.5. The summed E-state index contributed by atoms with van der Waals surface area (Å²) in [5.41, 5.74) is 0.472. The van der Waals surface area contributed by atoms with Crippen molar-refractivity contribution in [3.05, 3.63) is 18.0 Å². The van der Waals surface area contributed by atoms with E-state index in [1.54, 1.807) is 10.9 Å². The topological polar surface area (TPSA) is 55.1 Å². The van der Waals surface area contributed by atoms with E-state index >= 15 is 0 Å². The number of carboxylic acids is 1. The minimum absolute atomic E-state index is 0.560. The Hall–Kier alpha value is -1.32. The van der Waals surface area contributed by atoms with Crippen molar-refractivity contribution in [1.82, 2.24) is 9.78 Å². The van der Waals surface area contributed by atoms with Crippen molar-refractivity contribution in [3.8, 4) is 0 Å². The van der Waals surface area contributed by atoms with Crippen LogP contribution in [0.1, 0.15) is 38.2 Å². The van der Waals surface area contributed by atoms with Gasteiger partial charge in [0.15, 0.2) is 0 Å². The van der Waals surface area contributed by atoms with Gasteiger partial charge in [-0.05, 0) is 43.6 Å². The summed E-state index contributed by atoms with van der Waals surface area (Å²) in [6, 6.07) is 0. The van der Waals surface area contributed by atoms with Gasteiger partial charge in [0.2, 0.25) is 0 Å². The SMILES string of the molecule is CC1CCC(Cc2cnn(C)c2)(C(=O)O)CC1. The number of aromatic nitrogens is 2. The predicted molar refractivity (Wildman–Crippen MR) is 64.6 cm³/mol. The van der Waals surface area contributed by atoms with Gasteiger partial charge in [-0.25, -0.2) is 0 Å². The highest BCUT2D eigenvalue weighted by atomic mass is 16.4. The molecule has 1 heterocycles. The van der Waals surface area contributed by atoms with Crippen molar-refractivity contribution < 1.29 is 9.90 Å². The maximum atomic E-state index is 11.6. The van der Waals surface area contributed by atoms with E-state index in [2.05, 4.69) is 12.0 Å². The van der Waals surface area contributed by atoms with Crippen molar-refractivity contribution in [2.45, 2.75) is 39.0 Å². The molecule has 1 aromatic rings. The maximum absolute atomic E-state index is 11.6. The van der Waals surface area contributed by atoms with Crippen molar-refractivity contribution >= 4 is 5.97 Å². The van der Waals surface area contributed by atoms with E-state index in [4.69, 9.17) is 0 Å². The van der Waals surface area contributed by atoms with Crippen LogP contribution in [0.15, 0.2) is 12.4 Å². The Morgan fingerprint density at radius 2 is 2.24 bits per heavy atom. The van der Waals surface area contributed by atoms with Gasteiger partial charge < -0.3 is 5.11 Å². The predicted octanol–water partition coefficient (Wildman–Crippen LogP) is 2.24.